The second-order valence-corrected chi connectivity index (χ2v) is 4.46. The second kappa shape index (κ2) is 6.18. The number of anilines is 1. The Morgan fingerprint density at radius 1 is 1.45 bits per heavy atom. The lowest BCUT2D eigenvalue weighted by atomic mass is 10.1. The molecule has 0 fully saturated rings. The van der Waals surface area contributed by atoms with E-state index in [1.54, 1.807) is 10.9 Å². The molecule has 2 aromatic rings. The van der Waals surface area contributed by atoms with Crippen molar-refractivity contribution >= 4 is 11.7 Å². The van der Waals surface area contributed by atoms with Crippen molar-refractivity contribution in [1.82, 2.24) is 9.78 Å². The average Bonchev–Trinajstić information content (AvgIpc) is 2.86. The molecular weight excluding hydrogens is 261 g/mol. The third-order valence-electron chi connectivity index (χ3n) is 2.84. The van der Waals surface area contributed by atoms with E-state index in [9.17, 15) is 14.3 Å². The average molecular weight is 277 g/mol. The molecule has 0 spiro atoms. The lowest BCUT2D eigenvalue weighted by Gasteiger charge is -2.14. The van der Waals surface area contributed by atoms with E-state index in [1.807, 2.05) is 6.92 Å². The first-order valence-electron chi connectivity index (χ1n) is 6.37. The van der Waals surface area contributed by atoms with Gasteiger partial charge in [-0.2, -0.15) is 5.10 Å². The molecule has 1 unspecified atom stereocenters. The van der Waals surface area contributed by atoms with Crippen molar-refractivity contribution in [2.75, 3.05) is 5.32 Å². The lowest BCUT2D eigenvalue weighted by Crippen LogP contribution is -2.20. The Morgan fingerprint density at radius 2 is 2.15 bits per heavy atom. The van der Waals surface area contributed by atoms with Gasteiger partial charge in [0.2, 0.25) is 0 Å². The van der Waals surface area contributed by atoms with Crippen LogP contribution in [0.15, 0.2) is 36.7 Å². The molecule has 1 atom stereocenters. The van der Waals surface area contributed by atoms with Gasteiger partial charge in [0.25, 0.3) is 0 Å². The van der Waals surface area contributed by atoms with Crippen LogP contribution < -0.4 is 5.32 Å². The Kier molecular flexibility index (Phi) is 4.34. The zero-order chi connectivity index (χ0) is 14.5. The SMILES string of the molecule is CCCn1cc(C(Nc2ccc(F)cc2)C(=O)O)cn1. The summed E-state index contributed by atoms with van der Waals surface area (Å²) in [6.07, 6.45) is 4.16. The van der Waals surface area contributed by atoms with Crippen molar-refractivity contribution in [2.45, 2.75) is 25.9 Å². The molecule has 0 radical (unpaired) electrons. The van der Waals surface area contributed by atoms with Crippen molar-refractivity contribution in [2.24, 2.45) is 0 Å². The van der Waals surface area contributed by atoms with Crippen LogP contribution in [0.4, 0.5) is 10.1 Å². The van der Waals surface area contributed by atoms with Crippen LogP contribution in [-0.2, 0) is 11.3 Å². The highest BCUT2D eigenvalue weighted by Gasteiger charge is 2.21. The normalized spacial score (nSPS) is 12.1. The van der Waals surface area contributed by atoms with Gasteiger partial charge < -0.3 is 10.4 Å². The summed E-state index contributed by atoms with van der Waals surface area (Å²) in [6, 6.07) is 4.65. The number of benzene rings is 1. The molecule has 1 aromatic carbocycles. The third-order valence-corrected chi connectivity index (χ3v) is 2.84. The van der Waals surface area contributed by atoms with E-state index in [0.29, 0.717) is 11.3 Å². The number of aryl methyl sites for hydroxylation is 1. The van der Waals surface area contributed by atoms with E-state index < -0.39 is 12.0 Å². The standard InChI is InChI=1S/C14H16FN3O2/c1-2-7-18-9-10(8-16-18)13(14(19)20)17-12-5-3-11(15)4-6-12/h3-6,8-9,13,17H,2,7H2,1H3,(H,19,20). The fraction of sp³-hybridized carbons (Fsp3) is 0.286. The van der Waals surface area contributed by atoms with E-state index >= 15 is 0 Å². The highest BCUT2D eigenvalue weighted by molar-refractivity contribution is 5.79. The molecule has 0 amide bonds. The van der Waals surface area contributed by atoms with Crippen LogP contribution in [0.1, 0.15) is 24.9 Å². The maximum atomic E-state index is 12.8. The number of carboxylic acids is 1. The van der Waals surface area contributed by atoms with Crippen molar-refractivity contribution in [3.8, 4) is 0 Å². The van der Waals surface area contributed by atoms with Crippen LogP contribution in [0.5, 0.6) is 0 Å². The molecule has 106 valence electrons. The molecule has 0 saturated heterocycles. The molecule has 6 heteroatoms. The van der Waals surface area contributed by atoms with Crippen molar-refractivity contribution < 1.29 is 14.3 Å². The molecule has 5 nitrogen and oxygen atoms in total. The molecular formula is C14H16FN3O2. The number of aliphatic carboxylic acids is 1. The Bertz CT molecular complexity index is 580. The molecule has 2 N–H and O–H groups in total. The molecule has 0 bridgehead atoms. The predicted octanol–water partition coefficient (Wildman–Crippen LogP) is 2.67. The molecule has 20 heavy (non-hydrogen) atoms. The Balaban J connectivity index is 2.17. The van der Waals surface area contributed by atoms with Gasteiger partial charge in [0.1, 0.15) is 5.82 Å². The monoisotopic (exact) mass is 277 g/mol. The molecule has 0 aliphatic rings. The number of carbonyl (C=O) groups is 1. The molecule has 1 aromatic heterocycles. The Labute approximate surface area is 116 Å². The van der Waals surface area contributed by atoms with Crippen LogP contribution in [-0.4, -0.2) is 20.9 Å². The first kappa shape index (κ1) is 14.0. The number of nitrogens with zero attached hydrogens (tertiary/aromatic N) is 2. The second-order valence-electron chi connectivity index (χ2n) is 4.46. The van der Waals surface area contributed by atoms with Gasteiger partial charge in [-0.15, -0.1) is 0 Å². The minimum absolute atomic E-state index is 0.363. The number of halogens is 1. The maximum Gasteiger partial charge on any atom is 0.330 e. The predicted molar refractivity (Wildman–Crippen MR) is 72.9 cm³/mol. The van der Waals surface area contributed by atoms with Gasteiger partial charge in [0, 0.05) is 24.0 Å². The topological polar surface area (TPSA) is 67.2 Å². The summed E-state index contributed by atoms with van der Waals surface area (Å²) in [7, 11) is 0. The molecule has 0 aliphatic heterocycles. The van der Waals surface area contributed by atoms with E-state index in [0.717, 1.165) is 13.0 Å². The molecule has 0 saturated carbocycles. The summed E-state index contributed by atoms with van der Waals surface area (Å²) in [5.41, 5.74) is 1.11. The molecule has 1 heterocycles. The number of carboxylic acid groups (broad SMARTS) is 1. The van der Waals surface area contributed by atoms with Gasteiger partial charge in [0.05, 0.1) is 6.20 Å². The minimum atomic E-state index is -1.01. The van der Waals surface area contributed by atoms with Gasteiger partial charge in [-0.05, 0) is 30.7 Å². The summed E-state index contributed by atoms with van der Waals surface area (Å²) >= 11 is 0. The number of nitrogens with one attached hydrogen (secondary N) is 1. The first-order chi connectivity index (χ1) is 9.60. The Hall–Kier alpha value is -2.37. The molecule has 2 rings (SSSR count). The smallest absolute Gasteiger partial charge is 0.330 e. The van der Waals surface area contributed by atoms with Crippen molar-refractivity contribution in [3.63, 3.8) is 0 Å². The Morgan fingerprint density at radius 3 is 2.75 bits per heavy atom. The zero-order valence-electron chi connectivity index (χ0n) is 11.1. The fourth-order valence-electron chi connectivity index (χ4n) is 1.88. The van der Waals surface area contributed by atoms with Crippen LogP contribution in [0.25, 0.3) is 0 Å². The highest BCUT2D eigenvalue weighted by Crippen LogP contribution is 2.20. The number of hydrogen-bond donors (Lipinski definition) is 2. The van der Waals surface area contributed by atoms with Crippen molar-refractivity contribution in [3.05, 3.63) is 48.0 Å². The lowest BCUT2D eigenvalue weighted by molar-refractivity contribution is -0.138. The van der Waals surface area contributed by atoms with Crippen LogP contribution in [0, 0.1) is 5.82 Å². The maximum absolute atomic E-state index is 12.8. The van der Waals surface area contributed by atoms with E-state index in [-0.39, 0.29) is 5.82 Å². The van der Waals surface area contributed by atoms with Gasteiger partial charge in [-0.1, -0.05) is 6.92 Å². The summed E-state index contributed by atoms with van der Waals surface area (Å²) in [5.74, 6) is -1.37. The number of rotatable bonds is 6. The summed E-state index contributed by atoms with van der Waals surface area (Å²) in [4.78, 5) is 11.4. The minimum Gasteiger partial charge on any atom is -0.479 e. The fourth-order valence-corrected chi connectivity index (χ4v) is 1.88. The highest BCUT2D eigenvalue weighted by atomic mass is 19.1. The summed E-state index contributed by atoms with van der Waals surface area (Å²) in [5, 5.41) is 16.3. The van der Waals surface area contributed by atoms with Gasteiger partial charge in [0.15, 0.2) is 6.04 Å². The van der Waals surface area contributed by atoms with Crippen molar-refractivity contribution in [1.29, 1.82) is 0 Å². The largest absolute Gasteiger partial charge is 0.479 e. The van der Waals surface area contributed by atoms with Crippen LogP contribution >= 0.6 is 0 Å². The third kappa shape index (κ3) is 3.34. The molecule has 0 aliphatic carbocycles. The van der Waals surface area contributed by atoms with E-state index in [2.05, 4.69) is 10.4 Å². The van der Waals surface area contributed by atoms with E-state index in [4.69, 9.17) is 0 Å². The van der Waals surface area contributed by atoms with Crippen LogP contribution in [0.3, 0.4) is 0 Å². The van der Waals surface area contributed by atoms with E-state index in [1.165, 1.54) is 30.5 Å². The van der Waals surface area contributed by atoms with Gasteiger partial charge in [-0.25, -0.2) is 9.18 Å². The number of hydrogen-bond acceptors (Lipinski definition) is 3. The zero-order valence-corrected chi connectivity index (χ0v) is 11.1. The quantitative estimate of drug-likeness (QED) is 0.852. The summed E-state index contributed by atoms with van der Waals surface area (Å²) in [6.45, 7) is 2.76. The first-order valence-corrected chi connectivity index (χ1v) is 6.37. The summed E-state index contributed by atoms with van der Waals surface area (Å²) < 4.78 is 14.5. The van der Waals surface area contributed by atoms with Gasteiger partial charge in [-0.3, -0.25) is 4.68 Å². The van der Waals surface area contributed by atoms with Crippen LogP contribution in [0.2, 0.25) is 0 Å². The number of aromatic nitrogens is 2. The van der Waals surface area contributed by atoms with Gasteiger partial charge >= 0.3 is 5.97 Å².